The third-order valence-electron chi connectivity index (χ3n) is 4.48. The fraction of sp³-hybridized carbons (Fsp3) is 0.588. The molecule has 2 N–H and O–H groups in total. The second kappa shape index (κ2) is 7.46. The fourth-order valence-electron chi connectivity index (χ4n) is 3.01. The topological polar surface area (TPSA) is 50.4 Å². The van der Waals surface area contributed by atoms with Gasteiger partial charge in [0.2, 0.25) is 5.91 Å². The van der Waals surface area contributed by atoms with E-state index in [4.69, 9.17) is 4.74 Å². The Bertz CT molecular complexity index is 476. The quantitative estimate of drug-likeness (QED) is 0.872. The number of ether oxygens (including phenoxy) is 1. The van der Waals surface area contributed by atoms with Crippen LogP contribution in [-0.4, -0.2) is 25.7 Å². The molecular weight excluding hydrogens is 264 g/mol. The van der Waals surface area contributed by atoms with E-state index >= 15 is 0 Å². The lowest BCUT2D eigenvalue weighted by Crippen LogP contribution is -2.35. The number of nitrogens with one attached hydrogen (secondary N) is 2. The number of hydrogen-bond acceptors (Lipinski definition) is 3. The van der Waals surface area contributed by atoms with Gasteiger partial charge in [0, 0.05) is 24.5 Å². The molecule has 1 amide bonds. The third kappa shape index (κ3) is 4.46. The van der Waals surface area contributed by atoms with Crippen molar-refractivity contribution < 1.29 is 9.53 Å². The van der Waals surface area contributed by atoms with Gasteiger partial charge < -0.3 is 15.4 Å². The first-order chi connectivity index (χ1) is 10.1. The van der Waals surface area contributed by atoms with Gasteiger partial charge >= 0.3 is 0 Å². The van der Waals surface area contributed by atoms with Crippen molar-refractivity contribution in [3.05, 3.63) is 24.3 Å². The second-order valence-electron chi connectivity index (χ2n) is 6.08. The van der Waals surface area contributed by atoms with Crippen LogP contribution in [0.25, 0.3) is 0 Å². The molecule has 0 spiro atoms. The summed E-state index contributed by atoms with van der Waals surface area (Å²) in [7, 11) is 1.52. The van der Waals surface area contributed by atoms with E-state index in [1.54, 1.807) is 0 Å². The lowest BCUT2D eigenvalue weighted by atomic mass is 9.78. The molecule has 0 aromatic heterocycles. The van der Waals surface area contributed by atoms with Crippen LogP contribution in [0.1, 0.15) is 33.1 Å². The maximum absolute atomic E-state index is 11.6. The van der Waals surface area contributed by atoms with Crippen molar-refractivity contribution in [3.8, 4) is 0 Å². The van der Waals surface area contributed by atoms with E-state index < -0.39 is 0 Å². The van der Waals surface area contributed by atoms with Crippen molar-refractivity contribution in [1.82, 2.24) is 0 Å². The molecule has 1 aromatic rings. The number of hydrogen-bond donors (Lipinski definition) is 2. The predicted molar refractivity (Wildman–Crippen MR) is 86.5 cm³/mol. The van der Waals surface area contributed by atoms with Gasteiger partial charge in [0.25, 0.3) is 0 Å². The molecule has 21 heavy (non-hydrogen) atoms. The van der Waals surface area contributed by atoms with Crippen molar-refractivity contribution in [1.29, 1.82) is 0 Å². The van der Waals surface area contributed by atoms with E-state index in [1.807, 2.05) is 18.2 Å². The van der Waals surface area contributed by atoms with Crippen molar-refractivity contribution in [2.75, 3.05) is 24.4 Å². The first kappa shape index (κ1) is 15.8. The average molecular weight is 290 g/mol. The van der Waals surface area contributed by atoms with Gasteiger partial charge in [-0.1, -0.05) is 32.8 Å². The molecule has 0 radical (unpaired) electrons. The Kier molecular flexibility index (Phi) is 5.62. The summed E-state index contributed by atoms with van der Waals surface area (Å²) in [6, 6.07) is 8.41. The summed E-state index contributed by atoms with van der Waals surface area (Å²) in [4.78, 5) is 11.6. The fourth-order valence-corrected chi connectivity index (χ4v) is 3.01. The molecule has 1 aliphatic rings. The van der Waals surface area contributed by atoms with Crippen LogP contribution in [0.5, 0.6) is 0 Å². The summed E-state index contributed by atoms with van der Waals surface area (Å²) in [5.74, 6) is 1.31. The highest BCUT2D eigenvalue weighted by Crippen LogP contribution is 2.31. The molecule has 4 nitrogen and oxygen atoms in total. The smallest absolute Gasteiger partial charge is 0.250 e. The Labute approximate surface area is 127 Å². The molecule has 3 atom stereocenters. The van der Waals surface area contributed by atoms with Gasteiger partial charge in [0.05, 0.1) is 0 Å². The van der Waals surface area contributed by atoms with E-state index in [0.717, 1.165) is 17.3 Å². The van der Waals surface area contributed by atoms with Gasteiger partial charge in [-0.15, -0.1) is 0 Å². The highest BCUT2D eigenvalue weighted by atomic mass is 16.5. The molecule has 0 aliphatic heterocycles. The van der Waals surface area contributed by atoms with Crippen LogP contribution in [0, 0.1) is 11.8 Å². The van der Waals surface area contributed by atoms with E-state index in [2.05, 4.69) is 30.5 Å². The third-order valence-corrected chi connectivity index (χ3v) is 4.48. The molecule has 2 rings (SSSR count). The van der Waals surface area contributed by atoms with Crippen LogP contribution in [0.4, 0.5) is 11.4 Å². The Hall–Kier alpha value is -1.55. The van der Waals surface area contributed by atoms with Crippen molar-refractivity contribution in [2.45, 2.75) is 39.2 Å². The molecule has 3 unspecified atom stereocenters. The summed E-state index contributed by atoms with van der Waals surface area (Å²) in [5.41, 5.74) is 1.87. The van der Waals surface area contributed by atoms with Gasteiger partial charge in [-0.05, 0) is 36.5 Å². The predicted octanol–water partition coefficient (Wildman–Crippen LogP) is 3.51. The second-order valence-corrected chi connectivity index (χ2v) is 6.08. The summed E-state index contributed by atoms with van der Waals surface area (Å²) < 4.78 is 4.83. The minimum atomic E-state index is -0.130. The summed E-state index contributed by atoms with van der Waals surface area (Å²) in [5, 5.41) is 6.46. The lowest BCUT2D eigenvalue weighted by Gasteiger charge is -2.35. The minimum Gasteiger partial charge on any atom is -0.382 e. The van der Waals surface area contributed by atoms with Crippen LogP contribution in [0.15, 0.2) is 24.3 Å². The summed E-state index contributed by atoms with van der Waals surface area (Å²) in [6.45, 7) is 4.74. The monoisotopic (exact) mass is 290 g/mol. The molecule has 0 heterocycles. The normalized spacial score (nSPS) is 25.4. The van der Waals surface area contributed by atoms with Crippen LogP contribution >= 0.6 is 0 Å². The molecule has 1 fully saturated rings. The molecule has 4 heteroatoms. The lowest BCUT2D eigenvalue weighted by molar-refractivity contribution is -0.119. The Morgan fingerprint density at radius 3 is 2.81 bits per heavy atom. The molecule has 1 aromatic carbocycles. The first-order valence-corrected chi connectivity index (χ1v) is 7.75. The zero-order chi connectivity index (χ0) is 15.2. The number of anilines is 2. The SMILES string of the molecule is COCC(=O)Nc1cccc(NC2CCCC(C)C2C)c1. The van der Waals surface area contributed by atoms with Gasteiger partial charge in [-0.25, -0.2) is 0 Å². The van der Waals surface area contributed by atoms with Crippen molar-refractivity contribution >= 4 is 17.3 Å². The van der Waals surface area contributed by atoms with Crippen molar-refractivity contribution in [3.63, 3.8) is 0 Å². The molecule has 1 saturated carbocycles. The Balaban J connectivity index is 1.99. The molecule has 116 valence electrons. The highest BCUT2D eigenvalue weighted by molar-refractivity contribution is 5.92. The van der Waals surface area contributed by atoms with Crippen LogP contribution < -0.4 is 10.6 Å². The molecule has 0 bridgehead atoms. The zero-order valence-corrected chi connectivity index (χ0v) is 13.2. The summed E-state index contributed by atoms with van der Waals surface area (Å²) in [6.07, 6.45) is 3.83. The number of amides is 1. The van der Waals surface area contributed by atoms with Gasteiger partial charge in [-0.2, -0.15) is 0 Å². The highest BCUT2D eigenvalue weighted by Gasteiger charge is 2.26. The average Bonchev–Trinajstić information content (AvgIpc) is 2.44. The minimum absolute atomic E-state index is 0.0782. The molecule has 1 aliphatic carbocycles. The van der Waals surface area contributed by atoms with Crippen LogP contribution in [0.2, 0.25) is 0 Å². The zero-order valence-electron chi connectivity index (χ0n) is 13.2. The largest absolute Gasteiger partial charge is 0.382 e. The van der Waals surface area contributed by atoms with Gasteiger partial charge in [0.1, 0.15) is 6.61 Å². The Morgan fingerprint density at radius 2 is 2.05 bits per heavy atom. The van der Waals surface area contributed by atoms with E-state index in [9.17, 15) is 4.79 Å². The van der Waals surface area contributed by atoms with Crippen LogP contribution in [-0.2, 0) is 9.53 Å². The van der Waals surface area contributed by atoms with Crippen LogP contribution in [0.3, 0.4) is 0 Å². The maximum atomic E-state index is 11.6. The Morgan fingerprint density at radius 1 is 1.29 bits per heavy atom. The molecule has 0 saturated heterocycles. The van der Waals surface area contributed by atoms with Crippen molar-refractivity contribution in [2.24, 2.45) is 11.8 Å². The number of rotatable bonds is 5. The van der Waals surface area contributed by atoms with E-state index in [0.29, 0.717) is 12.0 Å². The number of carbonyl (C=O) groups excluding carboxylic acids is 1. The number of carbonyl (C=O) groups is 1. The standard InChI is InChI=1S/C17H26N2O2/c1-12-6-4-9-16(13(12)2)18-14-7-5-8-15(10-14)19-17(20)11-21-3/h5,7-8,10,12-13,16,18H,4,6,9,11H2,1-3H3,(H,19,20). The molecular formula is C17H26N2O2. The van der Waals surface area contributed by atoms with Gasteiger partial charge in [0.15, 0.2) is 0 Å². The number of methoxy groups -OCH3 is 1. The number of benzene rings is 1. The van der Waals surface area contributed by atoms with Gasteiger partial charge in [-0.3, -0.25) is 4.79 Å². The van der Waals surface area contributed by atoms with E-state index in [1.165, 1.54) is 26.4 Å². The maximum Gasteiger partial charge on any atom is 0.250 e. The van der Waals surface area contributed by atoms with E-state index in [-0.39, 0.29) is 12.5 Å². The summed E-state index contributed by atoms with van der Waals surface area (Å²) >= 11 is 0. The first-order valence-electron chi connectivity index (χ1n) is 7.75.